The minimum atomic E-state index is -3.59. The molecule has 3 heterocycles. The van der Waals surface area contributed by atoms with Crippen molar-refractivity contribution in [2.24, 2.45) is 0 Å². The van der Waals surface area contributed by atoms with E-state index >= 15 is 0 Å². The number of nitrogens with zero attached hydrogens (tertiary/aromatic N) is 3. The Kier molecular flexibility index (Phi) is 3.72. The Morgan fingerprint density at radius 2 is 2.29 bits per heavy atom. The standard InChI is InChI=1S/C12H15N3O4S2/c1-8-11(9(2)19-14-8)21(16,17)15-5-3-10(7-15)18-12-13-4-6-20-12/h4,6,10H,3,5,7H2,1-2H3. The number of hydrogen-bond acceptors (Lipinski definition) is 7. The molecule has 9 heteroatoms. The largest absolute Gasteiger partial charge is 0.465 e. The molecule has 21 heavy (non-hydrogen) atoms. The maximum atomic E-state index is 12.6. The van der Waals surface area contributed by atoms with Crippen LogP contribution in [0.4, 0.5) is 0 Å². The van der Waals surface area contributed by atoms with Gasteiger partial charge in [0.05, 0.1) is 6.54 Å². The van der Waals surface area contributed by atoms with Crippen LogP contribution in [0.3, 0.4) is 0 Å². The Hall–Kier alpha value is -1.45. The summed E-state index contributed by atoms with van der Waals surface area (Å²) in [6, 6.07) is 0. The van der Waals surface area contributed by atoms with E-state index in [1.165, 1.54) is 15.6 Å². The highest BCUT2D eigenvalue weighted by Crippen LogP contribution is 2.28. The Morgan fingerprint density at radius 1 is 1.48 bits per heavy atom. The topological polar surface area (TPSA) is 85.5 Å². The van der Waals surface area contributed by atoms with Crippen LogP contribution in [0.25, 0.3) is 0 Å². The van der Waals surface area contributed by atoms with E-state index in [1.807, 2.05) is 5.38 Å². The molecule has 0 radical (unpaired) electrons. The van der Waals surface area contributed by atoms with Crippen molar-refractivity contribution in [2.45, 2.75) is 31.3 Å². The zero-order valence-electron chi connectivity index (χ0n) is 11.6. The van der Waals surface area contributed by atoms with Crippen LogP contribution in [-0.4, -0.2) is 42.1 Å². The molecule has 1 aliphatic rings. The van der Waals surface area contributed by atoms with E-state index in [-0.39, 0.29) is 11.0 Å². The molecule has 2 aromatic rings. The molecule has 0 saturated carbocycles. The lowest BCUT2D eigenvalue weighted by Crippen LogP contribution is -2.31. The highest BCUT2D eigenvalue weighted by atomic mass is 32.2. The van der Waals surface area contributed by atoms with Gasteiger partial charge in [-0.25, -0.2) is 13.4 Å². The van der Waals surface area contributed by atoms with Crippen LogP contribution in [0.15, 0.2) is 21.0 Å². The summed E-state index contributed by atoms with van der Waals surface area (Å²) in [5, 5.41) is 6.10. The van der Waals surface area contributed by atoms with Gasteiger partial charge in [-0.3, -0.25) is 0 Å². The monoisotopic (exact) mass is 329 g/mol. The number of hydrogen-bond donors (Lipinski definition) is 0. The second-order valence-corrected chi connectivity index (χ2v) is 7.57. The summed E-state index contributed by atoms with van der Waals surface area (Å²) >= 11 is 1.39. The Balaban J connectivity index is 1.76. The van der Waals surface area contributed by atoms with Crippen LogP contribution >= 0.6 is 11.3 Å². The van der Waals surface area contributed by atoms with E-state index in [0.717, 1.165) is 0 Å². The van der Waals surface area contributed by atoms with Gasteiger partial charge in [0.1, 0.15) is 16.7 Å². The SMILES string of the molecule is Cc1noc(C)c1S(=O)(=O)N1CCC(Oc2nccs2)C1. The molecule has 0 aliphatic carbocycles. The molecule has 0 aromatic carbocycles. The first-order chi connectivity index (χ1) is 9.98. The third-order valence-electron chi connectivity index (χ3n) is 3.35. The fourth-order valence-electron chi connectivity index (χ4n) is 2.40. The second-order valence-electron chi connectivity index (χ2n) is 4.84. The second kappa shape index (κ2) is 5.39. The van der Waals surface area contributed by atoms with E-state index in [1.54, 1.807) is 20.0 Å². The van der Waals surface area contributed by atoms with Crippen molar-refractivity contribution < 1.29 is 17.7 Å². The summed E-state index contributed by atoms with van der Waals surface area (Å²) in [5.41, 5.74) is 0.386. The molecule has 1 unspecified atom stereocenters. The van der Waals surface area contributed by atoms with Crippen molar-refractivity contribution in [3.05, 3.63) is 23.0 Å². The molecular formula is C12H15N3O4S2. The summed E-state index contributed by atoms with van der Waals surface area (Å²) in [7, 11) is -3.59. The molecule has 1 atom stereocenters. The van der Waals surface area contributed by atoms with Gasteiger partial charge in [0.2, 0.25) is 10.0 Å². The van der Waals surface area contributed by atoms with Gasteiger partial charge in [0, 0.05) is 18.1 Å². The summed E-state index contributed by atoms with van der Waals surface area (Å²) < 4.78 is 37.3. The quantitative estimate of drug-likeness (QED) is 0.847. The number of aryl methyl sites for hydroxylation is 2. The molecule has 0 spiro atoms. The van der Waals surface area contributed by atoms with Crippen molar-refractivity contribution in [3.8, 4) is 5.19 Å². The zero-order valence-corrected chi connectivity index (χ0v) is 13.3. The van der Waals surface area contributed by atoms with Gasteiger partial charge in [0.25, 0.3) is 5.19 Å². The number of thiazole rings is 1. The minimum Gasteiger partial charge on any atom is -0.465 e. The molecule has 114 valence electrons. The highest BCUT2D eigenvalue weighted by molar-refractivity contribution is 7.89. The number of rotatable bonds is 4. The highest BCUT2D eigenvalue weighted by Gasteiger charge is 2.37. The number of sulfonamides is 1. The third-order valence-corrected chi connectivity index (χ3v) is 6.12. The van der Waals surface area contributed by atoms with Crippen molar-refractivity contribution in [3.63, 3.8) is 0 Å². The molecule has 0 N–H and O–H groups in total. The van der Waals surface area contributed by atoms with Crippen molar-refractivity contribution in [2.75, 3.05) is 13.1 Å². The molecule has 1 aliphatic heterocycles. The van der Waals surface area contributed by atoms with Gasteiger partial charge in [-0.1, -0.05) is 16.5 Å². The summed E-state index contributed by atoms with van der Waals surface area (Å²) in [6.07, 6.45) is 2.13. The first-order valence-corrected chi connectivity index (χ1v) is 8.79. The van der Waals surface area contributed by atoms with Crippen LogP contribution in [0, 0.1) is 13.8 Å². The Bertz CT molecular complexity index is 704. The Morgan fingerprint density at radius 3 is 2.90 bits per heavy atom. The molecule has 1 fully saturated rings. The maximum absolute atomic E-state index is 12.6. The summed E-state index contributed by atoms with van der Waals surface area (Å²) in [4.78, 5) is 4.21. The lowest BCUT2D eigenvalue weighted by molar-refractivity contribution is 0.214. The van der Waals surface area contributed by atoms with E-state index in [9.17, 15) is 8.42 Å². The van der Waals surface area contributed by atoms with Crippen LogP contribution in [0.1, 0.15) is 17.9 Å². The molecule has 1 saturated heterocycles. The van der Waals surface area contributed by atoms with E-state index in [2.05, 4.69) is 10.1 Å². The smallest absolute Gasteiger partial charge is 0.273 e. The summed E-state index contributed by atoms with van der Waals surface area (Å²) in [5.74, 6) is 0.316. The van der Waals surface area contributed by atoms with Gasteiger partial charge in [-0.2, -0.15) is 4.31 Å². The van der Waals surface area contributed by atoms with Crippen LogP contribution in [0.5, 0.6) is 5.19 Å². The van der Waals surface area contributed by atoms with Gasteiger partial charge in [0.15, 0.2) is 5.76 Å². The van der Waals surface area contributed by atoms with E-state index in [4.69, 9.17) is 9.26 Å². The fraction of sp³-hybridized carbons (Fsp3) is 0.500. The first kappa shape index (κ1) is 14.5. The maximum Gasteiger partial charge on any atom is 0.273 e. The lowest BCUT2D eigenvalue weighted by atomic mass is 10.3. The van der Waals surface area contributed by atoms with Gasteiger partial charge >= 0.3 is 0 Å². The molecule has 0 bridgehead atoms. The van der Waals surface area contributed by atoms with Gasteiger partial charge in [-0.15, -0.1) is 0 Å². The predicted molar refractivity (Wildman–Crippen MR) is 75.9 cm³/mol. The normalized spacial score (nSPS) is 20.0. The molecule has 2 aromatic heterocycles. The summed E-state index contributed by atoms with van der Waals surface area (Å²) in [6.45, 7) is 3.96. The fourth-order valence-corrected chi connectivity index (χ4v) is 4.72. The van der Waals surface area contributed by atoms with Gasteiger partial charge < -0.3 is 9.26 Å². The number of ether oxygens (including phenoxy) is 1. The van der Waals surface area contributed by atoms with E-state index < -0.39 is 10.0 Å². The lowest BCUT2D eigenvalue weighted by Gasteiger charge is -2.16. The first-order valence-electron chi connectivity index (χ1n) is 6.47. The van der Waals surface area contributed by atoms with Crippen LogP contribution < -0.4 is 4.74 Å². The van der Waals surface area contributed by atoms with Crippen molar-refractivity contribution >= 4 is 21.4 Å². The molecule has 7 nitrogen and oxygen atoms in total. The number of aromatic nitrogens is 2. The average molecular weight is 329 g/mol. The van der Waals surface area contributed by atoms with Crippen molar-refractivity contribution in [1.82, 2.24) is 14.4 Å². The minimum absolute atomic E-state index is 0.164. The Labute approximate surface area is 126 Å². The van der Waals surface area contributed by atoms with Crippen LogP contribution in [0.2, 0.25) is 0 Å². The van der Waals surface area contributed by atoms with E-state index in [0.29, 0.717) is 36.2 Å². The zero-order chi connectivity index (χ0) is 15.0. The predicted octanol–water partition coefficient (Wildman–Crippen LogP) is 1.59. The molecular weight excluding hydrogens is 314 g/mol. The van der Waals surface area contributed by atoms with Gasteiger partial charge in [-0.05, 0) is 20.3 Å². The average Bonchev–Trinajstić information content (AvgIpc) is 3.13. The molecule has 0 amide bonds. The van der Waals surface area contributed by atoms with Crippen molar-refractivity contribution in [1.29, 1.82) is 0 Å². The van der Waals surface area contributed by atoms with Crippen LogP contribution in [-0.2, 0) is 10.0 Å². The third kappa shape index (κ3) is 2.68. The molecule has 3 rings (SSSR count).